The van der Waals surface area contributed by atoms with Crippen molar-refractivity contribution in [1.29, 1.82) is 0 Å². The minimum absolute atomic E-state index is 0.217. The predicted octanol–water partition coefficient (Wildman–Crippen LogP) is 4.72. The van der Waals surface area contributed by atoms with Crippen LogP contribution in [0.15, 0.2) is 48.5 Å². The van der Waals surface area contributed by atoms with Crippen molar-refractivity contribution in [3.63, 3.8) is 0 Å². The highest BCUT2D eigenvalue weighted by Gasteiger charge is 2.34. The average Bonchev–Trinajstić information content (AvgIpc) is 2.55. The van der Waals surface area contributed by atoms with Crippen LogP contribution in [-0.4, -0.2) is 21.0 Å². The van der Waals surface area contributed by atoms with Crippen LogP contribution >= 0.6 is 47.0 Å². The molecule has 0 radical (unpaired) electrons. The number of anilines is 1. The second kappa shape index (κ2) is 8.91. The van der Waals surface area contributed by atoms with Gasteiger partial charge < -0.3 is 16.0 Å². The van der Waals surface area contributed by atoms with Crippen molar-refractivity contribution in [2.24, 2.45) is 0 Å². The maximum atomic E-state index is 12.4. The van der Waals surface area contributed by atoms with Gasteiger partial charge in [-0.05, 0) is 50.3 Å². The van der Waals surface area contributed by atoms with Gasteiger partial charge in [-0.2, -0.15) is 0 Å². The number of carbonyl (C=O) groups excluding carboxylic acids is 1. The van der Waals surface area contributed by atoms with Crippen molar-refractivity contribution >= 4 is 63.7 Å². The molecule has 0 aliphatic rings. The van der Waals surface area contributed by atoms with E-state index in [0.29, 0.717) is 5.56 Å². The number of carbonyl (C=O) groups is 1. The normalized spacial score (nSPS) is 12.2. The van der Waals surface area contributed by atoms with Crippen LogP contribution < -0.4 is 16.0 Å². The van der Waals surface area contributed by atoms with Gasteiger partial charge in [-0.1, -0.05) is 70.2 Å². The number of benzene rings is 2. The summed E-state index contributed by atoms with van der Waals surface area (Å²) in [7, 11) is 0. The average molecular weight is 431 g/mol. The molecule has 4 nitrogen and oxygen atoms in total. The van der Waals surface area contributed by atoms with Gasteiger partial charge in [-0.15, -0.1) is 0 Å². The van der Waals surface area contributed by atoms with Crippen LogP contribution in [-0.2, 0) is 0 Å². The number of rotatable bonds is 4. The SMILES string of the molecule is Cc1ccc(NC(=S)NC(NC(=O)c2cccc(C)c2)C(Cl)(Cl)Cl)cc1. The number of halogens is 3. The number of amides is 1. The number of alkyl halides is 3. The molecule has 0 saturated carbocycles. The van der Waals surface area contributed by atoms with Gasteiger partial charge in [0.15, 0.2) is 5.11 Å². The maximum absolute atomic E-state index is 12.4. The molecule has 138 valence electrons. The molecule has 1 atom stereocenters. The molecule has 2 aromatic carbocycles. The molecule has 0 bridgehead atoms. The van der Waals surface area contributed by atoms with Crippen molar-refractivity contribution in [2.75, 3.05) is 5.32 Å². The minimum atomic E-state index is -1.81. The second-order valence-corrected chi connectivity index (χ2v) is 8.56. The molecule has 26 heavy (non-hydrogen) atoms. The van der Waals surface area contributed by atoms with Gasteiger partial charge in [-0.25, -0.2) is 0 Å². The van der Waals surface area contributed by atoms with Crippen LogP contribution in [0, 0.1) is 13.8 Å². The second-order valence-electron chi connectivity index (χ2n) is 5.78. The molecule has 2 rings (SSSR count). The van der Waals surface area contributed by atoms with Crippen molar-refractivity contribution in [2.45, 2.75) is 23.8 Å². The topological polar surface area (TPSA) is 53.2 Å². The summed E-state index contributed by atoms with van der Waals surface area (Å²) < 4.78 is -1.81. The largest absolute Gasteiger partial charge is 0.339 e. The summed E-state index contributed by atoms with van der Waals surface area (Å²) in [5.74, 6) is -0.379. The van der Waals surface area contributed by atoms with Crippen LogP contribution in [0.1, 0.15) is 21.5 Å². The molecule has 8 heteroatoms. The molecular formula is C18H18Cl3N3OS. The number of nitrogens with one attached hydrogen (secondary N) is 3. The summed E-state index contributed by atoms with van der Waals surface area (Å²) in [4.78, 5) is 12.4. The van der Waals surface area contributed by atoms with E-state index in [0.717, 1.165) is 16.8 Å². The summed E-state index contributed by atoms with van der Waals surface area (Å²) in [6.07, 6.45) is -1.02. The lowest BCUT2D eigenvalue weighted by molar-refractivity contribution is 0.0934. The Morgan fingerprint density at radius 3 is 2.23 bits per heavy atom. The first-order chi connectivity index (χ1) is 12.1. The number of thiocarbonyl (C=S) groups is 1. The molecule has 0 fully saturated rings. The summed E-state index contributed by atoms with van der Waals surface area (Å²) in [5.41, 5.74) is 3.32. The summed E-state index contributed by atoms with van der Waals surface area (Å²) in [6.45, 7) is 3.88. The smallest absolute Gasteiger partial charge is 0.252 e. The Hall–Kier alpha value is -1.53. The molecule has 0 aliphatic heterocycles. The summed E-state index contributed by atoms with van der Waals surface area (Å²) >= 11 is 23.2. The van der Waals surface area contributed by atoms with Crippen LogP contribution in [0.25, 0.3) is 0 Å². The molecular weight excluding hydrogens is 413 g/mol. The minimum Gasteiger partial charge on any atom is -0.339 e. The lowest BCUT2D eigenvalue weighted by Crippen LogP contribution is -2.56. The van der Waals surface area contributed by atoms with Gasteiger partial charge in [0, 0.05) is 11.3 Å². The molecule has 2 aromatic rings. The quantitative estimate of drug-likeness (QED) is 0.373. The fourth-order valence-corrected chi connectivity index (χ4v) is 2.70. The third kappa shape index (κ3) is 6.32. The first kappa shape index (κ1) is 20.8. The third-order valence-electron chi connectivity index (χ3n) is 3.47. The lowest BCUT2D eigenvalue weighted by atomic mass is 10.1. The van der Waals surface area contributed by atoms with Gasteiger partial charge >= 0.3 is 0 Å². The van der Waals surface area contributed by atoms with E-state index < -0.39 is 9.96 Å². The fourth-order valence-electron chi connectivity index (χ4n) is 2.14. The van der Waals surface area contributed by atoms with E-state index in [1.807, 2.05) is 44.2 Å². The Bertz CT molecular complexity index is 791. The lowest BCUT2D eigenvalue weighted by Gasteiger charge is -2.27. The molecule has 0 spiro atoms. The Labute approximate surface area is 173 Å². The molecule has 0 aromatic heterocycles. The Kier molecular flexibility index (Phi) is 7.12. The van der Waals surface area contributed by atoms with Crippen LogP contribution in [0.4, 0.5) is 5.69 Å². The highest BCUT2D eigenvalue weighted by atomic mass is 35.6. The van der Waals surface area contributed by atoms with E-state index in [4.69, 9.17) is 47.0 Å². The van der Waals surface area contributed by atoms with E-state index >= 15 is 0 Å². The van der Waals surface area contributed by atoms with Crippen molar-refractivity contribution in [3.8, 4) is 0 Å². The predicted molar refractivity (Wildman–Crippen MR) is 113 cm³/mol. The van der Waals surface area contributed by atoms with Gasteiger partial charge in [0.05, 0.1) is 0 Å². The molecule has 0 aliphatic carbocycles. The highest BCUT2D eigenvalue weighted by Crippen LogP contribution is 2.29. The first-order valence-corrected chi connectivity index (χ1v) is 9.28. The number of hydrogen-bond donors (Lipinski definition) is 3. The Balaban J connectivity index is 2.06. The van der Waals surface area contributed by atoms with Crippen molar-refractivity contribution in [3.05, 3.63) is 65.2 Å². The Morgan fingerprint density at radius 2 is 1.65 bits per heavy atom. The van der Waals surface area contributed by atoms with Gasteiger partial charge in [0.1, 0.15) is 6.17 Å². The van der Waals surface area contributed by atoms with Gasteiger partial charge in [0.2, 0.25) is 3.79 Å². The van der Waals surface area contributed by atoms with E-state index in [9.17, 15) is 4.79 Å². The number of hydrogen-bond acceptors (Lipinski definition) is 2. The fraction of sp³-hybridized carbons (Fsp3) is 0.222. The van der Waals surface area contributed by atoms with Crippen molar-refractivity contribution in [1.82, 2.24) is 10.6 Å². The van der Waals surface area contributed by atoms with E-state index in [2.05, 4.69) is 16.0 Å². The van der Waals surface area contributed by atoms with E-state index in [1.165, 1.54) is 0 Å². The van der Waals surface area contributed by atoms with Gasteiger partial charge in [-0.3, -0.25) is 4.79 Å². The van der Waals surface area contributed by atoms with Gasteiger partial charge in [0.25, 0.3) is 5.91 Å². The van der Waals surface area contributed by atoms with Crippen LogP contribution in [0.3, 0.4) is 0 Å². The molecule has 0 saturated heterocycles. The van der Waals surface area contributed by atoms with E-state index in [-0.39, 0.29) is 11.0 Å². The van der Waals surface area contributed by atoms with E-state index in [1.54, 1.807) is 18.2 Å². The first-order valence-electron chi connectivity index (χ1n) is 7.73. The van der Waals surface area contributed by atoms with Crippen LogP contribution in [0.5, 0.6) is 0 Å². The summed E-state index contributed by atoms with van der Waals surface area (Å²) in [5, 5.41) is 8.69. The molecule has 0 heterocycles. The highest BCUT2D eigenvalue weighted by molar-refractivity contribution is 7.80. The Morgan fingerprint density at radius 1 is 1.00 bits per heavy atom. The van der Waals surface area contributed by atoms with Crippen molar-refractivity contribution < 1.29 is 4.79 Å². The molecule has 1 unspecified atom stereocenters. The van der Waals surface area contributed by atoms with Crippen LogP contribution in [0.2, 0.25) is 0 Å². The zero-order valence-electron chi connectivity index (χ0n) is 14.1. The molecule has 3 N–H and O–H groups in total. The summed E-state index contributed by atoms with van der Waals surface area (Å²) in [6, 6.07) is 14.7. The zero-order valence-corrected chi connectivity index (χ0v) is 17.2. The molecule has 1 amide bonds. The standard InChI is InChI=1S/C18H18Cl3N3OS/c1-11-6-8-14(9-7-11)22-17(26)24-16(18(19,20)21)23-15(25)13-5-3-4-12(2)10-13/h3-10,16H,1-2H3,(H,23,25)(H2,22,24,26). The maximum Gasteiger partial charge on any atom is 0.252 e. The third-order valence-corrected chi connectivity index (χ3v) is 4.34. The number of aryl methyl sites for hydroxylation is 2. The monoisotopic (exact) mass is 429 g/mol. The zero-order chi connectivity index (χ0) is 19.3.